The van der Waals surface area contributed by atoms with Gasteiger partial charge in [0.2, 0.25) is 0 Å². The molecule has 0 spiro atoms. The molecule has 1 atom stereocenters. The largest absolute Gasteiger partial charge is 0.494 e. The number of alkyl halides is 2. The fourth-order valence-electron chi connectivity index (χ4n) is 1.28. The van der Waals surface area contributed by atoms with Crippen LogP contribution in [0.1, 0.15) is 19.4 Å². The van der Waals surface area contributed by atoms with Gasteiger partial charge in [-0.3, -0.25) is 0 Å². The van der Waals surface area contributed by atoms with E-state index in [1.54, 1.807) is 0 Å². The van der Waals surface area contributed by atoms with E-state index < -0.39 is 12.5 Å². The van der Waals surface area contributed by atoms with Crippen LogP contribution in [0.2, 0.25) is 0 Å². The van der Waals surface area contributed by atoms with Crippen LogP contribution < -0.4 is 10.1 Å². The number of nitrogens with one attached hydrogen (secondary N) is 1. The predicted octanol–water partition coefficient (Wildman–Crippen LogP) is 2.83. The first-order valence-electron chi connectivity index (χ1n) is 5.36. The summed E-state index contributed by atoms with van der Waals surface area (Å²) in [4.78, 5) is 0. The van der Waals surface area contributed by atoms with E-state index in [2.05, 4.69) is 5.32 Å². The molecule has 0 aliphatic carbocycles. The highest BCUT2D eigenvalue weighted by molar-refractivity contribution is 5.28. The summed E-state index contributed by atoms with van der Waals surface area (Å²) >= 11 is 0. The topological polar surface area (TPSA) is 21.3 Å². The molecule has 1 aromatic rings. The van der Waals surface area contributed by atoms with Gasteiger partial charge in [-0.25, -0.2) is 8.78 Å². The molecule has 2 nitrogen and oxygen atoms in total. The Morgan fingerprint density at radius 2 is 2.12 bits per heavy atom. The van der Waals surface area contributed by atoms with E-state index in [-0.39, 0.29) is 0 Å². The zero-order valence-electron chi connectivity index (χ0n) is 9.54. The molecule has 4 heteroatoms. The minimum absolute atomic E-state index is 0.423. The van der Waals surface area contributed by atoms with Crippen molar-refractivity contribution in [2.45, 2.75) is 32.9 Å². The molecule has 0 heterocycles. The van der Waals surface area contributed by atoms with E-state index >= 15 is 0 Å². The second-order valence-electron chi connectivity index (χ2n) is 3.58. The van der Waals surface area contributed by atoms with Crippen LogP contribution in [0.5, 0.6) is 5.75 Å². The third kappa shape index (κ3) is 4.14. The van der Waals surface area contributed by atoms with Crippen molar-refractivity contribution in [1.29, 1.82) is 0 Å². The van der Waals surface area contributed by atoms with Gasteiger partial charge in [-0.2, -0.15) is 0 Å². The smallest absolute Gasteiger partial charge is 0.253 e. The molecule has 0 saturated carbocycles. The van der Waals surface area contributed by atoms with Gasteiger partial charge >= 0.3 is 0 Å². The van der Waals surface area contributed by atoms with Gasteiger partial charge in [0, 0.05) is 6.54 Å². The van der Waals surface area contributed by atoms with Gasteiger partial charge in [0.25, 0.3) is 6.43 Å². The van der Waals surface area contributed by atoms with Crippen LogP contribution in [0.4, 0.5) is 8.78 Å². The summed E-state index contributed by atoms with van der Waals surface area (Å²) in [6.45, 7) is 4.40. The summed E-state index contributed by atoms with van der Waals surface area (Å²) in [7, 11) is 0. The predicted molar refractivity (Wildman–Crippen MR) is 59.9 cm³/mol. The van der Waals surface area contributed by atoms with Crippen LogP contribution in [0.25, 0.3) is 0 Å². The van der Waals surface area contributed by atoms with E-state index in [4.69, 9.17) is 4.74 Å². The summed E-state index contributed by atoms with van der Waals surface area (Å²) in [6, 6.07) is 6.65. The molecule has 1 N–H and O–H groups in total. The van der Waals surface area contributed by atoms with E-state index in [1.807, 2.05) is 31.2 Å². The van der Waals surface area contributed by atoms with Crippen molar-refractivity contribution < 1.29 is 13.5 Å². The molecule has 0 bridgehead atoms. The number of hydrogen-bond acceptors (Lipinski definition) is 2. The Hall–Kier alpha value is -1.16. The van der Waals surface area contributed by atoms with E-state index in [1.165, 1.54) is 6.92 Å². The summed E-state index contributed by atoms with van der Waals surface area (Å²) in [5, 5.41) is 2.76. The van der Waals surface area contributed by atoms with Gasteiger partial charge in [-0.05, 0) is 31.5 Å². The van der Waals surface area contributed by atoms with Crippen LogP contribution in [-0.2, 0) is 6.54 Å². The molecular formula is C12H17F2NO. The van der Waals surface area contributed by atoms with Crippen LogP contribution in [-0.4, -0.2) is 19.1 Å². The van der Waals surface area contributed by atoms with Crippen molar-refractivity contribution in [3.8, 4) is 5.75 Å². The minimum atomic E-state index is -2.34. The van der Waals surface area contributed by atoms with Crippen molar-refractivity contribution in [3.63, 3.8) is 0 Å². The zero-order chi connectivity index (χ0) is 12.0. The molecule has 0 fully saturated rings. The van der Waals surface area contributed by atoms with Crippen molar-refractivity contribution in [3.05, 3.63) is 29.8 Å². The van der Waals surface area contributed by atoms with Crippen LogP contribution in [0.3, 0.4) is 0 Å². The molecule has 0 aromatic heterocycles. The van der Waals surface area contributed by atoms with Crippen LogP contribution in [0.15, 0.2) is 24.3 Å². The lowest BCUT2D eigenvalue weighted by molar-refractivity contribution is 0.105. The second-order valence-corrected chi connectivity index (χ2v) is 3.58. The normalized spacial score (nSPS) is 12.8. The molecule has 1 rings (SSSR count). The first kappa shape index (κ1) is 12.9. The summed E-state index contributed by atoms with van der Waals surface area (Å²) < 4.78 is 29.8. The number of benzene rings is 1. The minimum Gasteiger partial charge on any atom is -0.494 e. The molecule has 0 aliphatic heterocycles. The van der Waals surface area contributed by atoms with Gasteiger partial charge in [-0.15, -0.1) is 0 Å². The molecular weight excluding hydrogens is 212 g/mol. The summed E-state index contributed by atoms with van der Waals surface area (Å²) in [6.07, 6.45) is -2.34. The fourth-order valence-corrected chi connectivity index (χ4v) is 1.28. The Bertz CT molecular complexity index is 318. The summed E-state index contributed by atoms with van der Waals surface area (Å²) in [5.41, 5.74) is 0.943. The number of rotatable bonds is 6. The monoisotopic (exact) mass is 229 g/mol. The molecule has 90 valence electrons. The highest BCUT2D eigenvalue weighted by Gasteiger charge is 2.13. The highest BCUT2D eigenvalue weighted by Crippen LogP contribution is 2.13. The maximum absolute atomic E-state index is 12.2. The lowest BCUT2D eigenvalue weighted by Gasteiger charge is -2.13. The van der Waals surface area contributed by atoms with Gasteiger partial charge in [0.1, 0.15) is 5.75 Å². The van der Waals surface area contributed by atoms with Gasteiger partial charge in [-0.1, -0.05) is 12.1 Å². The fraction of sp³-hybridized carbons (Fsp3) is 0.500. The Morgan fingerprint density at radius 3 is 2.75 bits per heavy atom. The Labute approximate surface area is 94.6 Å². The third-order valence-electron chi connectivity index (χ3n) is 2.22. The maximum Gasteiger partial charge on any atom is 0.253 e. The third-order valence-corrected chi connectivity index (χ3v) is 2.22. The molecule has 0 amide bonds. The van der Waals surface area contributed by atoms with Crippen molar-refractivity contribution >= 4 is 0 Å². The number of ether oxygens (including phenoxy) is 1. The second kappa shape index (κ2) is 6.43. The molecule has 1 aromatic carbocycles. The van der Waals surface area contributed by atoms with Crippen LogP contribution >= 0.6 is 0 Å². The summed E-state index contributed by atoms with van der Waals surface area (Å²) in [5.74, 6) is 0.770. The van der Waals surface area contributed by atoms with Crippen molar-refractivity contribution in [1.82, 2.24) is 5.32 Å². The first-order valence-corrected chi connectivity index (χ1v) is 5.36. The Kier molecular flexibility index (Phi) is 5.19. The first-order chi connectivity index (χ1) is 7.63. The number of hydrogen-bond donors (Lipinski definition) is 1. The van der Waals surface area contributed by atoms with E-state index in [0.717, 1.165) is 11.3 Å². The van der Waals surface area contributed by atoms with Crippen molar-refractivity contribution in [2.24, 2.45) is 0 Å². The molecule has 1 unspecified atom stereocenters. The molecule has 16 heavy (non-hydrogen) atoms. The Morgan fingerprint density at radius 1 is 1.38 bits per heavy atom. The zero-order valence-corrected chi connectivity index (χ0v) is 9.54. The quantitative estimate of drug-likeness (QED) is 0.809. The molecule has 0 aliphatic rings. The van der Waals surface area contributed by atoms with Gasteiger partial charge in [0.15, 0.2) is 0 Å². The number of halogens is 2. The highest BCUT2D eigenvalue weighted by atomic mass is 19.3. The molecule has 0 radical (unpaired) electrons. The van der Waals surface area contributed by atoms with Gasteiger partial charge < -0.3 is 10.1 Å². The van der Waals surface area contributed by atoms with E-state index in [0.29, 0.717) is 13.2 Å². The Balaban J connectivity index is 2.50. The molecule has 0 saturated heterocycles. The lowest BCUT2D eigenvalue weighted by Crippen LogP contribution is -2.31. The average Bonchev–Trinajstić information content (AvgIpc) is 2.26. The SMILES string of the molecule is CCOc1cccc(CNC(C)C(F)F)c1. The van der Waals surface area contributed by atoms with E-state index in [9.17, 15) is 8.78 Å². The van der Waals surface area contributed by atoms with Crippen molar-refractivity contribution in [2.75, 3.05) is 6.61 Å². The standard InChI is InChI=1S/C12H17F2NO/c1-3-16-11-6-4-5-10(7-11)8-15-9(2)12(13)14/h4-7,9,12,15H,3,8H2,1-2H3. The average molecular weight is 229 g/mol. The lowest BCUT2D eigenvalue weighted by atomic mass is 10.2. The van der Waals surface area contributed by atoms with Crippen LogP contribution in [0, 0.1) is 0 Å². The maximum atomic E-state index is 12.2. The van der Waals surface area contributed by atoms with Gasteiger partial charge in [0.05, 0.1) is 12.6 Å².